The lowest BCUT2D eigenvalue weighted by atomic mass is 10.7. The Kier molecular flexibility index (Phi) is 3.71. The smallest absolute Gasteiger partial charge is 0.274 e. The number of nitrogens with one attached hydrogen (secondary N) is 1. The highest BCUT2D eigenvalue weighted by molar-refractivity contribution is 7.87. The minimum Gasteiger partial charge on any atom is -0.383 e. The van der Waals surface area contributed by atoms with Crippen LogP contribution in [0.15, 0.2) is 0 Å². The summed E-state index contributed by atoms with van der Waals surface area (Å²) in [6, 6.07) is 0. The molecule has 9 heavy (non-hydrogen) atoms. The molecule has 0 aromatic heterocycles. The molecule has 0 unspecified atom stereocenters. The first-order chi connectivity index (χ1) is 4.06. The van der Waals surface area contributed by atoms with Gasteiger partial charge in [-0.25, -0.2) is 9.86 Å². The molecule has 0 aliphatic heterocycles. The van der Waals surface area contributed by atoms with Crippen molar-refractivity contribution in [2.75, 3.05) is 20.3 Å². The lowest BCUT2D eigenvalue weighted by Gasteiger charge is -1.98. The van der Waals surface area contributed by atoms with Gasteiger partial charge in [0.05, 0.1) is 6.61 Å². The zero-order valence-corrected chi connectivity index (χ0v) is 5.94. The summed E-state index contributed by atoms with van der Waals surface area (Å²) in [5, 5.41) is 4.58. The van der Waals surface area contributed by atoms with Crippen LogP contribution in [-0.2, 0) is 14.9 Å². The second-order valence-corrected chi connectivity index (χ2v) is 2.81. The van der Waals surface area contributed by atoms with E-state index >= 15 is 0 Å². The molecule has 0 aliphatic carbocycles. The van der Waals surface area contributed by atoms with E-state index < -0.39 is 10.2 Å². The van der Waals surface area contributed by atoms with Crippen LogP contribution in [0.1, 0.15) is 0 Å². The van der Waals surface area contributed by atoms with Crippen LogP contribution in [0, 0.1) is 0 Å². The standard InChI is InChI=1S/C3H10N2O3S/c1-8-3-2-5-9(4,6)7/h5H,2-3H2,1H3,(H2,4,6,7). The molecule has 0 aromatic carbocycles. The van der Waals surface area contributed by atoms with Crippen LogP contribution >= 0.6 is 0 Å². The van der Waals surface area contributed by atoms with Crippen molar-refractivity contribution in [1.82, 2.24) is 4.72 Å². The Balaban J connectivity index is 3.30. The molecule has 56 valence electrons. The molecule has 0 saturated heterocycles. The summed E-state index contributed by atoms with van der Waals surface area (Å²) in [6.45, 7) is 0.547. The molecule has 0 heterocycles. The molecule has 0 saturated carbocycles. The minimum atomic E-state index is -3.53. The lowest BCUT2D eigenvalue weighted by Crippen LogP contribution is -2.33. The van der Waals surface area contributed by atoms with Gasteiger partial charge in [0.15, 0.2) is 0 Å². The summed E-state index contributed by atoms with van der Waals surface area (Å²) >= 11 is 0. The zero-order chi connectivity index (χ0) is 7.33. The molecule has 3 N–H and O–H groups in total. The summed E-state index contributed by atoms with van der Waals surface area (Å²) in [7, 11) is -2.05. The highest BCUT2D eigenvalue weighted by Gasteiger charge is 1.96. The Bertz CT molecular complexity index is 152. The molecule has 0 aliphatic rings. The fourth-order valence-corrected chi connectivity index (χ4v) is 0.654. The average molecular weight is 154 g/mol. The van der Waals surface area contributed by atoms with Gasteiger partial charge in [0.2, 0.25) is 0 Å². The third-order valence-corrected chi connectivity index (χ3v) is 1.22. The van der Waals surface area contributed by atoms with Gasteiger partial charge in [0.25, 0.3) is 10.2 Å². The molecule has 0 atom stereocenters. The lowest BCUT2D eigenvalue weighted by molar-refractivity contribution is 0.204. The summed E-state index contributed by atoms with van der Waals surface area (Å²) in [6.07, 6.45) is 0. The van der Waals surface area contributed by atoms with E-state index in [4.69, 9.17) is 0 Å². The van der Waals surface area contributed by atoms with Crippen molar-refractivity contribution >= 4 is 10.2 Å². The second-order valence-electron chi connectivity index (χ2n) is 1.43. The summed E-state index contributed by atoms with van der Waals surface area (Å²) < 4.78 is 26.8. The van der Waals surface area contributed by atoms with E-state index in [1.165, 1.54) is 7.11 Å². The van der Waals surface area contributed by atoms with Crippen LogP contribution in [0.25, 0.3) is 0 Å². The largest absolute Gasteiger partial charge is 0.383 e. The number of hydrogen-bond donors (Lipinski definition) is 2. The Hall–Kier alpha value is -0.170. The van der Waals surface area contributed by atoms with E-state index in [0.717, 1.165) is 0 Å². The number of ether oxygens (including phenoxy) is 1. The summed E-state index contributed by atoms with van der Waals surface area (Å²) in [5.74, 6) is 0. The van der Waals surface area contributed by atoms with Crippen LogP contribution in [0.2, 0.25) is 0 Å². The summed E-state index contributed by atoms with van der Waals surface area (Å²) in [4.78, 5) is 0. The average Bonchev–Trinajstić information content (AvgIpc) is 1.63. The first kappa shape index (κ1) is 8.83. The fraction of sp³-hybridized carbons (Fsp3) is 1.00. The van der Waals surface area contributed by atoms with Crippen molar-refractivity contribution in [2.24, 2.45) is 5.14 Å². The molecule has 6 heteroatoms. The van der Waals surface area contributed by atoms with E-state index in [1.807, 2.05) is 4.72 Å². The van der Waals surface area contributed by atoms with E-state index in [9.17, 15) is 8.42 Å². The predicted molar refractivity (Wildman–Crippen MR) is 33.0 cm³/mol. The third-order valence-electron chi connectivity index (χ3n) is 0.609. The van der Waals surface area contributed by atoms with Crippen LogP contribution in [0.3, 0.4) is 0 Å². The zero-order valence-electron chi connectivity index (χ0n) is 5.12. The van der Waals surface area contributed by atoms with E-state index in [1.54, 1.807) is 0 Å². The van der Waals surface area contributed by atoms with Gasteiger partial charge in [0, 0.05) is 13.7 Å². The maximum Gasteiger partial charge on any atom is 0.274 e. The molecule has 0 radical (unpaired) electrons. The Labute approximate surface area is 54.4 Å². The quantitative estimate of drug-likeness (QED) is 0.480. The van der Waals surface area contributed by atoms with Crippen LogP contribution in [0.5, 0.6) is 0 Å². The molecule has 0 aromatic rings. The number of methoxy groups -OCH3 is 1. The topological polar surface area (TPSA) is 81.4 Å². The minimum absolute atomic E-state index is 0.218. The first-order valence-corrected chi connectivity index (χ1v) is 3.87. The first-order valence-electron chi connectivity index (χ1n) is 2.32. The molecule has 0 bridgehead atoms. The van der Waals surface area contributed by atoms with Crippen LogP contribution in [-0.4, -0.2) is 28.7 Å². The monoisotopic (exact) mass is 154 g/mol. The molecule has 0 fully saturated rings. The molecular weight excluding hydrogens is 144 g/mol. The van der Waals surface area contributed by atoms with Gasteiger partial charge in [-0.05, 0) is 0 Å². The van der Waals surface area contributed by atoms with Gasteiger partial charge in [0.1, 0.15) is 0 Å². The third kappa shape index (κ3) is 7.83. The Morgan fingerprint density at radius 1 is 1.67 bits per heavy atom. The van der Waals surface area contributed by atoms with Crippen molar-refractivity contribution in [3.8, 4) is 0 Å². The Morgan fingerprint density at radius 2 is 2.22 bits per heavy atom. The highest BCUT2D eigenvalue weighted by Crippen LogP contribution is 1.67. The van der Waals surface area contributed by atoms with Crippen molar-refractivity contribution in [3.05, 3.63) is 0 Å². The van der Waals surface area contributed by atoms with Gasteiger partial charge in [-0.3, -0.25) is 0 Å². The van der Waals surface area contributed by atoms with Crippen molar-refractivity contribution < 1.29 is 13.2 Å². The van der Waals surface area contributed by atoms with Crippen LogP contribution in [0.4, 0.5) is 0 Å². The number of rotatable bonds is 4. The van der Waals surface area contributed by atoms with E-state index in [2.05, 4.69) is 9.88 Å². The second kappa shape index (κ2) is 3.78. The van der Waals surface area contributed by atoms with Crippen LogP contribution < -0.4 is 9.86 Å². The number of hydrogen-bond acceptors (Lipinski definition) is 3. The Morgan fingerprint density at radius 3 is 2.56 bits per heavy atom. The molecule has 5 nitrogen and oxygen atoms in total. The maximum atomic E-state index is 10.1. The van der Waals surface area contributed by atoms with E-state index in [0.29, 0.717) is 6.61 Å². The van der Waals surface area contributed by atoms with Crippen molar-refractivity contribution in [1.29, 1.82) is 0 Å². The molecule has 0 spiro atoms. The maximum absolute atomic E-state index is 10.1. The fourth-order valence-electron chi connectivity index (χ4n) is 0.286. The number of nitrogens with two attached hydrogens (primary N) is 1. The van der Waals surface area contributed by atoms with Crippen molar-refractivity contribution in [3.63, 3.8) is 0 Å². The van der Waals surface area contributed by atoms with Gasteiger partial charge in [-0.15, -0.1) is 0 Å². The van der Waals surface area contributed by atoms with Crippen molar-refractivity contribution in [2.45, 2.75) is 0 Å². The predicted octanol–water partition coefficient (Wildman–Crippen LogP) is -1.57. The van der Waals surface area contributed by atoms with Gasteiger partial charge in [-0.2, -0.15) is 8.42 Å². The summed E-state index contributed by atoms with van der Waals surface area (Å²) in [5.41, 5.74) is 0. The normalized spacial score (nSPS) is 11.8. The SMILES string of the molecule is COCCNS(N)(=O)=O. The van der Waals surface area contributed by atoms with Gasteiger partial charge >= 0.3 is 0 Å². The van der Waals surface area contributed by atoms with E-state index in [-0.39, 0.29) is 6.54 Å². The molecular formula is C3H10N2O3S. The highest BCUT2D eigenvalue weighted by atomic mass is 32.2. The van der Waals surface area contributed by atoms with Gasteiger partial charge in [-0.1, -0.05) is 0 Å². The van der Waals surface area contributed by atoms with Gasteiger partial charge < -0.3 is 4.74 Å². The molecule has 0 amide bonds. The molecule has 0 rings (SSSR count).